The molecule has 3 aromatic rings. The van der Waals surface area contributed by atoms with E-state index in [1.165, 1.54) is 18.4 Å². The maximum absolute atomic E-state index is 13.0. The summed E-state index contributed by atoms with van der Waals surface area (Å²) in [7, 11) is -0.474. The smallest absolute Gasteiger partial charge is 0.258 e. The number of hydrogen-bond donors (Lipinski definition) is 0. The number of carbonyl (C=O) groups excluding carboxylic acids is 1. The molecule has 150 valence electrons. The fraction of sp³-hybridized carbons (Fsp3) is 0.238. The maximum Gasteiger partial charge on any atom is 0.258 e. The lowest BCUT2D eigenvalue weighted by atomic mass is 10.1. The van der Waals surface area contributed by atoms with E-state index in [2.05, 4.69) is 4.98 Å². The summed E-state index contributed by atoms with van der Waals surface area (Å²) >= 11 is 0. The lowest BCUT2D eigenvalue weighted by Crippen LogP contribution is -2.28. The van der Waals surface area contributed by atoms with Crippen LogP contribution in [0.4, 0.5) is 5.69 Å². The minimum Gasteiger partial charge on any atom is -0.333 e. The largest absolute Gasteiger partial charge is 0.333 e. The van der Waals surface area contributed by atoms with Crippen molar-refractivity contribution >= 4 is 21.6 Å². The van der Waals surface area contributed by atoms with Crippen molar-refractivity contribution in [2.45, 2.75) is 17.9 Å². The Kier molecular flexibility index (Phi) is 4.97. The fourth-order valence-corrected chi connectivity index (χ4v) is 4.41. The van der Waals surface area contributed by atoms with Gasteiger partial charge in [-0.2, -0.15) is 0 Å². The second-order valence-electron chi connectivity index (χ2n) is 7.22. The van der Waals surface area contributed by atoms with Gasteiger partial charge in [-0.15, -0.1) is 0 Å². The molecule has 0 unspecified atom stereocenters. The van der Waals surface area contributed by atoms with Crippen molar-refractivity contribution in [1.29, 1.82) is 0 Å². The van der Waals surface area contributed by atoms with Crippen LogP contribution in [0.25, 0.3) is 0 Å². The maximum atomic E-state index is 13.0. The number of hydrogen-bond acceptors (Lipinski definition) is 4. The molecule has 0 saturated heterocycles. The highest BCUT2D eigenvalue weighted by Gasteiger charge is 2.28. The summed E-state index contributed by atoms with van der Waals surface area (Å²) < 4.78 is 27.9. The van der Waals surface area contributed by atoms with Crippen LogP contribution in [0, 0.1) is 0 Å². The van der Waals surface area contributed by atoms with Gasteiger partial charge in [0.15, 0.2) is 0 Å². The van der Waals surface area contributed by atoms with Gasteiger partial charge in [-0.1, -0.05) is 12.1 Å². The highest BCUT2D eigenvalue weighted by molar-refractivity contribution is 7.89. The molecule has 0 radical (unpaired) electrons. The molecule has 2 heterocycles. The second-order valence-corrected chi connectivity index (χ2v) is 9.37. The number of imidazole rings is 1. The first-order valence-electron chi connectivity index (χ1n) is 9.28. The first kappa shape index (κ1) is 19.4. The van der Waals surface area contributed by atoms with Crippen LogP contribution in [0.3, 0.4) is 0 Å². The van der Waals surface area contributed by atoms with Crippen LogP contribution in [-0.2, 0) is 23.0 Å². The molecule has 0 atom stereocenters. The van der Waals surface area contributed by atoms with Crippen molar-refractivity contribution in [3.63, 3.8) is 0 Å². The summed E-state index contributed by atoms with van der Waals surface area (Å²) in [5.41, 5.74) is 3.34. The van der Waals surface area contributed by atoms with Crippen LogP contribution >= 0.6 is 0 Å². The monoisotopic (exact) mass is 410 g/mol. The molecule has 1 amide bonds. The zero-order valence-corrected chi connectivity index (χ0v) is 17.1. The summed E-state index contributed by atoms with van der Waals surface area (Å²) in [6.45, 7) is 1.24. The normalized spacial score (nSPS) is 13.7. The Morgan fingerprint density at radius 1 is 1.14 bits per heavy atom. The van der Waals surface area contributed by atoms with Crippen molar-refractivity contribution < 1.29 is 13.2 Å². The van der Waals surface area contributed by atoms with Crippen molar-refractivity contribution in [3.8, 4) is 0 Å². The van der Waals surface area contributed by atoms with Crippen molar-refractivity contribution in [3.05, 3.63) is 77.9 Å². The summed E-state index contributed by atoms with van der Waals surface area (Å²) in [4.78, 5) is 19.0. The zero-order chi connectivity index (χ0) is 20.6. The first-order valence-corrected chi connectivity index (χ1v) is 10.7. The molecule has 1 aromatic heterocycles. The summed E-state index contributed by atoms with van der Waals surface area (Å²) in [5.74, 6) is -0.0823. The molecular formula is C21H22N4O3S. The lowest BCUT2D eigenvalue weighted by Gasteiger charge is -2.18. The SMILES string of the molecule is CN(C)S(=O)(=O)c1ccc2c(c1)CCN2C(=O)c1ccc(Cn2ccnc2)cc1. The van der Waals surface area contributed by atoms with E-state index in [4.69, 9.17) is 0 Å². The third-order valence-corrected chi connectivity index (χ3v) is 6.91. The summed E-state index contributed by atoms with van der Waals surface area (Å²) in [5, 5.41) is 0. The molecule has 4 rings (SSSR count). The average molecular weight is 410 g/mol. The van der Waals surface area contributed by atoms with Gasteiger partial charge in [0, 0.05) is 50.8 Å². The minimum absolute atomic E-state index is 0.0823. The van der Waals surface area contributed by atoms with Gasteiger partial charge in [-0.05, 0) is 47.9 Å². The highest BCUT2D eigenvalue weighted by Crippen LogP contribution is 2.32. The molecule has 0 saturated carbocycles. The molecule has 0 aliphatic carbocycles. The lowest BCUT2D eigenvalue weighted by molar-refractivity contribution is 0.0989. The molecule has 0 bridgehead atoms. The number of anilines is 1. The van der Waals surface area contributed by atoms with E-state index < -0.39 is 10.0 Å². The van der Waals surface area contributed by atoms with Gasteiger partial charge in [0.05, 0.1) is 11.2 Å². The topological polar surface area (TPSA) is 75.5 Å². The van der Waals surface area contributed by atoms with Crippen molar-refractivity contribution in [2.24, 2.45) is 0 Å². The van der Waals surface area contributed by atoms with E-state index in [1.807, 2.05) is 35.0 Å². The standard InChI is InChI=1S/C21H22N4O3S/c1-23(2)29(27,28)19-7-8-20-18(13-19)9-11-25(20)21(26)17-5-3-16(4-6-17)14-24-12-10-22-15-24/h3-8,10,12-13,15H,9,11,14H2,1-2H3. The Hall–Kier alpha value is -2.97. The van der Waals surface area contributed by atoms with Crippen molar-refractivity contribution in [2.75, 3.05) is 25.5 Å². The molecule has 1 aliphatic heterocycles. The van der Waals surface area contributed by atoms with Crippen molar-refractivity contribution in [1.82, 2.24) is 13.9 Å². The van der Waals surface area contributed by atoms with E-state index in [0.29, 0.717) is 25.1 Å². The first-order chi connectivity index (χ1) is 13.9. The van der Waals surface area contributed by atoms with Crippen LogP contribution in [0.5, 0.6) is 0 Å². The third-order valence-electron chi connectivity index (χ3n) is 5.10. The Bertz CT molecular complexity index is 1140. The molecule has 29 heavy (non-hydrogen) atoms. The van der Waals surface area contributed by atoms with Gasteiger partial charge in [0.25, 0.3) is 5.91 Å². The van der Waals surface area contributed by atoms with Gasteiger partial charge < -0.3 is 9.47 Å². The van der Waals surface area contributed by atoms with Crippen LogP contribution in [0.15, 0.2) is 66.1 Å². The molecular weight excluding hydrogens is 388 g/mol. The van der Waals surface area contributed by atoms with E-state index in [0.717, 1.165) is 16.8 Å². The van der Waals surface area contributed by atoms with Crippen LogP contribution in [0.1, 0.15) is 21.5 Å². The summed E-state index contributed by atoms with van der Waals surface area (Å²) in [6.07, 6.45) is 6.02. The number of nitrogens with zero attached hydrogens (tertiary/aromatic N) is 4. The second kappa shape index (κ2) is 7.46. The van der Waals surface area contributed by atoms with Gasteiger partial charge in [0.2, 0.25) is 10.0 Å². The molecule has 8 heteroatoms. The molecule has 0 spiro atoms. The predicted octanol–water partition coefficient (Wildman–Crippen LogP) is 2.38. The Balaban J connectivity index is 1.54. The number of rotatable bonds is 5. The zero-order valence-electron chi connectivity index (χ0n) is 16.3. The predicted molar refractivity (Wildman–Crippen MR) is 110 cm³/mol. The Morgan fingerprint density at radius 3 is 2.55 bits per heavy atom. The molecule has 7 nitrogen and oxygen atoms in total. The highest BCUT2D eigenvalue weighted by atomic mass is 32.2. The Labute approximate surface area is 170 Å². The summed E-state index contributed by atoms with van der Waals surface area (Å²) in [6, 6.07) is 12.5. The van der Waals surface area contributed by atoms with Gasteiger partial charge >= 0.3 is 0 Å². The van der Waals surface area contributed by atoms with Gasteiger partial charge in [-0.3, -0.25) is 4.79 Å². The number of aromatic nitrogens is 2. The minimum atomic E-state index is -3.49. The van der Waals surface area contributed by atoms with Gasteiger partial charge in [-0.25, -0.2) is 17.7 Å². The Morgan fingerprint density at radius 2 is 1.90 bits per heavy atom. The van der Waals surface area contributed by atoms with E-state index in [-0.39, 0.29) is 10.8 Å². The van der Waals surface area contributed by atoms with Crippen LogP contribution in [0.2, 0.25) is 0 Å². The fourth-order valence-electron chi connectivity index (χ4n) is 3.46. The van der Waals surface area contributed by atoms with E-state index in [9.17, 15) is 13.2 Å². The number of sulfonamides is 1. The third kappa shape index (κ3) is 3.68. The average Bonchev–Trinajstić information content (AvgIpc) is 3.37. The van der Waals surface area contributed by atoms with Gasteiger partial charge in [0.1, 0.15) is 0 Å². The number of benzene rings is 2. The number of fused-ring (bicyclic) bond motifs is 1. The number of carbonyl (C=O) groups is 1. The van der Waals surface area contributed by atoms with Crippen LogP contribution < -0.4 is 4.90 Å². The molecule has 0 fully saturated rings. The van der Waals surface area contributed by atoms with Crippen LogP contribution in [-0.4, -0.2) is 48.8 Å². The van der Waals surface area contributed by atoms with E-state index >= 15 is 0 Å². The quantitative estimate of drug-likeness (QED) is 0.647. The molecule has 2 aromatic carbocycles. The number of amides is 1. The molecule has 0 N–H and O–H groups in total. The van der Waals surface area contributed by atoms with E-state index in [1.54, 1.807) is 35.6 Å². The molecule has 1 aliphatic rings.